The number of carbonyl (C=O) groups is 2. The van der Waals surface area contributed by atoms with E-state index in [4.69, 9.17) is 28.4 Å². The highest BCUT2D eigenvalue weighted by atomic mass is 16.5. The number of carbonyl (C=O) groups excluding carboxylic acids is 2. The summed E-state index contributed by atoms with van der Waals surface area (Å²) >= 11 is 0. The highest BCUT2D eigenvalue weighted by molar-refractivity contribution is 6.07. The van der Waals surface area contributed by atoms with Crippen LogP contribution in [0.5, 0.6) is 11.5 Å². The highest BCUT2D eigenvalue weighted by Gasteiger charge is 2.28. The lowest BCUT2D eigenvalue weighted by Gasteiger charge is -2.15. The van der Waals surface area contributed by atoms with Gasteiger partial charge in [-0.15, -0.1) is 0 Å². The predicted molar refractivity (Wildman–Crippen MR) is 273 cm³/mol. The van der Waals surface area contributed by atoms with Gasteiger partial charge < -0.3 is 18.4 Å². The van der Waals surface area contributed by atoms with E-state index in [1.165, 1.54) is 9.13 Å². The average Bonchev–Trinajstić information content (AvgIpc) is 4.09. The summed E-state index contributed by atoms with van der Waals surface area (Å²) in [5.74, 6) is 2.13. The van der Waals surface area contributed by atoms with Crippen molar-refractivity contribution in [3.8, 4) is 33.8 Å². The van der Waals surface area contributed by atoms with E-state index in [1.54, 1.807) is 54.4 Å². The first-order valence-electron chi connectivity index (χ1n) is 23.9. The number of furan rings is 1. The Morgan fingerprint density at radius 1 is 0.639 bits per heavy atom. The first kappa shape index (κ1) is 47.2. The van der Waals surface area contributed by atoms with Crippen molar-refractivity contribution in [1.82, 2.24) is 43.4 Å². The lowest BCUT2D eigenvalue weighted by molar-refractivity contribution is -0.121. The van der Waals surface area contributed by atoms with Crippen molar-refractivity contribution < 1.29 is 28.0 Å². The number of ether oxygens (including phenoxy) is 2. The Kier molecular flexibility index (Phi) is 12.5. The molecule has 8 aromatic heterocycles. The van der Waals surface area contributed by atoms with Gasteiger partial charge in [-0.3, -0.25) is 47.8 Å². The molecule has 0 saturated heterocycles. The zero-order valence-corrected chi connectivity index (χ0v) is 41.3. The van der Waals surface area contributed by atoms with E-state index >= 15 is 0 Å². The van der Waals surface area contributed by atoms with Gasteiger partial charge in [0.25, 0.3) is 0 Å². The minimum atomic E-state index is -0.506. The normalized spacial score (nSPS) is 12.6. The molecule has 2 unspecified atom stereocenters. The molecule has 0 amide bonds. The molecule has 0 aliphatic heterocycles. The number of fused-ring (bicyclic) bond motifs is 6. The maximum Gasteiger partial charge on any atom is 0.330 e. The number of aryl methyl sites for hydroxylation is 4. The van der Waals surface area contributed by atoms with Gasteiger partial charge in [-0.05, 0) is 108 Å². The first-order valence-corrected chi connectivity index (χ1v) is 23.9. The molecule has 0 bridgehead atoms. The predicted octanol–water partition coefficient (Wildman–Crippen LogP) is 9.59. The summed E-state index contributed by atoms with van der Waals surface area (Å²) < 4.78 is 29.3. The third-order valence-electron chi connectivity index (χ3n) is 13.8. The van der Waals surface area contributed by atoms with E-state index < -0.39 is 12.1 Å². The Labute approximate surface area is 412 Å². The molecule has 2 atom stereocenters. The van der Waals surface area contributed by atoms with Gasteiger partial charge in [0.15, 0.2) is 11.6 Å². The summed E-state index contributed by atoms with van der Waals surface area (Å²) in [6, 6.07) is 17.7. The minimum absolute atomic E-state index is 0.121. The number of aromatic nitrogens is 9. The molecule has 10 rings (SSSR count). The van der Waals surface area contributed by atoms with E-state index in [2.05, 4.69) is 15.1 Å². The molecule has 0 fully saturated rings. The molecule has 10 aromatic rings. The average molecular weight is 968 g/mol. The summed E-state index contributed by atoms with van der Waals surface area (Å²) in [7, 11) is 3.18. The Balaban J connectivity index is 0.914. The Morgan fingerprint density at radius 2 is 1.12 bits per heavy atom. The van der Waals surface area contributed by atoms with Crippen molar-refractivity contribution in [2.75, 3.05) is 14.2 Å². The highest BCUT2D eigenvalue weighted by Crippen LogP contribution is 2.42. The van der Waals surface area contributed by atoms with E-state index in [-0.39, 0.29) is 48.9 Å². The zero-order valence-electron chi connectivity index (χ0n) is 41.3. The second-order valence-electron chi connectivity index (χ2n) is 18.3. The summed E-state index contributed by atoms with van der Waals surface area (Å²) in [6.45, 7) is 11.0. The fourth-order valence-electron chi connectivity index (χ4n) is 10.2. The van der Waals surface area contributed by atoms with Crippen LogP contribution in [0.3, 0.4) is 0 Å². The van der Waals surface area contributed by atoms with Crippen molar-refractivity contribution in [3.05, 3.63) is 147 Å². The Bertz CT molecular complexity index is 3570. The zero-order chi connectivity index (χ0) is 50.5. The van der Waals surface area contributed by atoms with Gasteiger partial charge in [-0.1, -0.05) is 17.3 Å². The quantitative estimate of drug-likeness (QED) is 0.0783. The molecule has 0 saturated carbocycles. The van der Waals surface area contributed by atoms with Crippen LogP contribution in [0.4, 0.5) is 0 Å². The topological polar surface area (TPSA) is 197 Å². The number of ketones is 2. The minimum Gasteiger partial charge on any atom is -0.496 e. The summed E-state index contributed by atoms with van der Waals surface area (Å²) in [5, 5.41) is 5.47. The first-order chi connectivity index (χ1) is 34.8. The second kappa shape index (κ2) is 19.0. The molecule has 0 aliphatic rings. The number of hydrogen-bond acceptors (Lipinski definition) is 13. The van der Waals surface area contributed by atoms with Gasteiger partial charge in [-0.2, -0.15) is 0 Å². The van der Waals surface area contributed by atoms with Crippen LogP contribution in [0, 0.1) is 27.7 Å². The number of hydrogen-bond donors (Lipinski definition) is 0. The van der Waals surface area contributed by atoms with Gasteiger partial charge in [-0.25, -0.2) is 9.59 Å². The number of benzene rings is 2. The lowest BCUT2D eigenvalue weighted by Crippen LogP contribution is -2.29. The Hall–Kier alpha value is -8.47. The molecular formula is C55H53N9O8. The fraction of sp³-hybridized carbons (Fsp3) is 0.291. The summed E-state index contributed by atoms with van der Waals surface area (Å²) in [4.78, 5) is 75.6. The van der Waals surface area contributed by atoms with Gasteiger partial charge in [0.1, 0.15) is 23.0 Å². The molecule has 0 aliphatic carbocycles. The molecule has 72 heavy (non-hydrogen) atoms. The van der Waals surface area contributed by atoms with Crippen LogP contribution in [-0.2, 0) is 22.7 Å². The molecule has 2 aromatic carbocycles. The molecule has 8 heterocycles. The van der Waals surface area contributed by atoms with Crippen molar-refractivity contribution in [1.29, 1.82) is 0 Å². The number of pyridine rings is 4. The van der Waals surface area contributed by atoms with Gasteiger partial charge >= 0.3 is 11.4 Å². The fourth-order valence-corrected chi connectivity index (χ4v) is 10.2. The van der Waals surface area contributed by atoms with E-state index in [0.717, 1.165) is 33.6 Å². The van der Waals surface area contributed by atoms with Crippen molar-refractivity contribution in [3.63, 3.8) is 0 Å². The van der Waals surface area contributed by atoms with Crippen LogP contribution in [0.15, 0.2) is 110 Å². The lowest BCUT2D eigenvalue weighted by atomic mass is 9.99. The van der Waals surface area contributed by atoms with Crippen LogP contribution in [-0.4, -0.2) is 69.1 Å². The maximum absolute atomic E-state index is 14.6. The van der Waals surface area contributed by atoms with Crippen LogP contribution in [0.2, 0.25) is 0 Å². The van der Waals surface area contributed by atoms with Crippen molar-refractivity contribution >= 4 is 55.4 Å². The molecule has 0 radical (unpaired) electrons. The molecule has 0 spiro atoms. The van der Waals surface area contributed by atoms with E-state index in [0.29, 0.717) is 91.1 Å². The summed E-state index contributed by atoms with van der Waals surface area (Å²) in [6.07, 6.45) is 9.37. The number of imidazole rings is 2. The monoisotopic (exact) mass is 967 g/mol. The number of Topliss-reactive ketones (excluding diaryl/α,β-unsaturated/α-hetero) is 2. The third-order valence-corrected chi connectivity index (χ3v) is 13.8. The van der Waals surface area contributed by atoms with E-state index in [9.17, 15) is 19.2 Å². The van der Waals surface area contributed by atoms with Gasteiger partial charge in [0, 0.05) is 52.7 Å². The number of rotatable bonds is 17. The SMILES string of the molecule is COc1cc2c(cc1-c1c(C)coc1C)ncc1c2n(C(C)c2ccccn2)c(=O)n1CC(=O)CCCCC(=O)Cn1c(=O)n(C(C)c2ccccn2)c2c3cc(OC)c(-c4c(C)noc4C)cc3ncc21. The van der Waals surface area contributed by atoms with Crippen molar-refractivity contribution in [2.24, 2.45) is 0 Å². The summed E-state index contributed by atoms with van der Waals surface area (Å²) in [5.41, 5.74) is 8.90. The van der Waals surface area contributed by atoms with Gasteiger partial charge in [0.05, 0.1) is 114 Å². The molecule has 17 heteroatoms. The number of nitrogens with zero attached hydrogens (tertiary/aromatic N) is 9. The molecule has 366 valence electrons. The van der Waals surface area contributed by atoms with Crippen molar-refractivity contribution in [2.45, 2.75) is 92.4 Å². The third kappa shape index (κ3) is 8.13. The van der Waals surface area contributed by atoms with E-state index in [1.807, 2.05) is 102 Å². The van der Waals surface area contributed by atoms with Crippen LogP contribution >= 0.6 is 0 Å². The van der Waals surface area contributed by atoms with Gasteiger partial charge in [0.2, 0.25) is 0 Å². The smallest absolute Gasteiger partial charge is 0.330 e. The Morgan fingerprint density at radius 3 is 1.53 bits per heavy atom. The largest absolute Gasteiger partial charge is 0.496 e. The molecular weight excluding hydrogens is 915 g/mol. The second-order valence-corrected chi connectivity index (χ2v) is 18.3. The van der Waals surface area contributed by atoms with Crippen LogP contribution < -0.4 is 20.9 Å². The number of unbranched alkanes of at least 4 members (excludes halogenated alkanes) is 1. The van der Waals surface area contributed by atoms with Crippen LogP contribution in [0.25, 0.3) is 66.1 Å². The maximum atomic E-state index is 14.6. The standard InChI is InChI=1S/C55H53N9O8/c1-30-29-71-34(5)50(30)40-21-44-38(23-48(40)69-7)52-46(25-58-44)61(54(67)63(52)32(3)42-17-11-13-19-56-42)27-36(65)15-9-10-16-37(66)28-62-47-26-59-45-22-41(51-31(2)60-72-35(51)6)49(70-8)24-39(45)53(47)64(55(62)68)33(4)43-18-12-14-20-57-43/h11-14,17-26,29,32-33H,9-10,15-16,27-28H2,1-8H3. The van der Waals surface area contributed by atoms with Crippen LogP contribution in [0.1, 0.15) is 85.8 Å². The number of methoxy groups -OCH3 is 2. The molecule has 0 N–H and O–H groups in total. The molecule has 17 nitrogen and oxygen atoms in total.